The van der Waals surface area contributed by atoms with Crippen molar-refractivity contribution in [3.05, 3.63) is 80.3 Å². The lowest BCUT2D eigenvalue weighted by Crippen LogP contribution is -2.48. The molecule has 2 amide bonds. The summed E-state index contributed by atoms with van der Waals surface area (Å²) in [7, 11) is 0. The Kier molecular flexibility index (Phi) is 6.89. The Hall–Kier alpha value is -2.52. The maximum absolute atomic E-state index is 14.3. The SMILES string of the molecule is CC(C)C1=C(C(=O)N2CCC[C@H]2C(=O)N2C[C@@H](O)[C@H]3CC32)SC2=N[C@@H](c3ccc(Cl)cc3)[C@@H](c3ccc(Cl)cc3)N21. The molecule has 7 nitrogen and oxygen atoms in total. The topological polar surface area (TPSA) is 76.5 Å². The number of carbonyl (C=O) groups excluding carboxylic acids is 2. The second-order valence-corrected chi connectivity index (χ2v) is 13.8. The van der Waals surface area contributed by atoms with E-state index in [1.807, 2.05) is 53.4 Å². The number of β-amino-alcohol motifs (C(OH)–C–C–N with tert-alkyl or cyclic N) is 1. The number of allylic oxidation sites excluding steroid dienone is 1. The number of benzene rings is 2. The van der Waals surface area contributed by atoms with E-state index < -0.39 is 12.1 Å². The lowest BCUT2D eigenvalue weighted by Gasteiger charge is -2.32. The summed E-state index contributed by atoms with van der Waals surface area (Å²) < 4.78 is 0. The monoisotopic (exact) mass is 610 g/mol. The number of hydrogen-bond donors (Lipinski definition) is 1. The lowest BCUT2D eigenvalue weighted by molar-refractivity contribution is -0.142. The molecule has 4 heterocycles. The van der Waals surface area contributed by atoms with E-state index in [4.69, 9.17) is 28.2 Å². The molecule has 1 saturated carbocycles. The average Bonchev–Trinajstić information content (AvgIpc) is 3.25. The number of aliphatic hydroxyl groups is 1. The Morgan fingerprint density at radius 1 is 1.00 bits per heavy atom. The molecule has 6 atom stereocenters. The Balaban J connectivity index is 1.23. The predicted octanol–water partition coefficient (Wildman–Crippen LogP) is 5.64. The summed E-state index contributed by atoms with van der Waals surface area (Å²) in [4.78, 5) is 39.5. The van der Waals surface area contributed by atoms with E-state index in [9.17, 15) is 14.7 Å². The van der Waals surface area contributed by atoms with E-state index in [1.54, 1.807) is 4.90 Å². The van der Waals surface area contributed by atoms with Crippen molar-refractivity contribution in [1.82, 2.24) is 14.7 Å². The van der Waals surface area contributed by atoms with Crippen LogP contribution in [0.15, 0.2) is 64.1 Å². The van der Waals surface area contributed by atoms with Gasteiger partial charge in [-0.2, -0.15) is 0 Å². The number of piperidine rings is 1. The second-order valence-electron chi connectivity index (χ2n) is 11.9. The van der Waals surface area contributed by atoms with E-state index in [2.05, 4.69) is 18.7 Å². The summed E-state index contributed by atoms with van der Waals surface area (Å²) in [5, 5.41) is 12.4. The van der Waals surface area contributed by atoms with Gasteiger partial charge in [-0.05, 0) is 72.3 Å². The molecule has 1 N–H and O–H groups in total. The van der Waals surface area contributed by atoms with Crippen LogP contribution in [0.1, 0.15) is 56.3 Å². The van der Waals surface area contributed by atoms with E-state index in [0.717, 1.165) is 34.8 Å². The normalized spacial score (nSPS) is 30.3. The van der Waals surface area contributed by atoms with Gasteiger partial charge in [-0.15, -0.1) is 0 Å². The minimum Gasteiger partial charge on any atom is -0.391 e. The largest absolute Gasteiger partial charge is 0.391 e. The highest BCUT2D eigenvalue weighted by molar-refractivity contribution is 8.18. The number of amidine groups is 1. The van der Waals surface area contributed by atoms with Gasteiger partial charge in [-0.25, -0.2) is 0 Å². The number of nitrogens with zero attached hydrogens (tertiary/aromatic N) is 4. The summed E-state index contributed by atoms with van der Waals surface area (Å²) in [6.07, 6.45) is 1.86. The molecule has 7 rings (SSSR count). The van der Waals surface area contributed by atoms with Gasteiger partial charge in [-0.1, -0.05) is 61.3 Å². The third kappa shape index (κ3) is 4.58. The number of fused-ring (bicyclic) bond motifs is 2. The molecular weight excluding hydrogens is 579 g/mol. The Morgan fingerprint density at radius 2 is 1.66 bits per heavy atom. The van der Waals surface area contributed by atoms with Crippen molar-refractivity contribution in [2.75, 3.05) is 13.1 Å². The van der Waals surface area contributed by atoms with Crippen LogP contribution in [0.5, 0.6) is 0 Å². The van der Waals surface area contributed by atoms with Crippen LogP contribution < -0.4 is 0 Å². The number of thioether (sulfide) groups is 1. The van der Waals surface area contributed by atoms with Gasteiger partial charge in [0.25, 0.3) is 5.91 Å². The molecule has 0 aromatic heterocycles. The van der Waals surface area contributed by atoms with Crippen LogP contribution in [-0.4, -0.2) is 68.1 Å². The number of halogens is 2. The lowest BCUT2D eigenvalue weighted by atomic mass is 9.92. The fraction of sp³-hybridized carbons (Fsp3) is 0.452. The number of rotatable bonds is 5. The standard InChI is InChI=1S/C31H32Cl2N4O3S/c1-16(2)26-28(30(40)35-13-3-4-22(35)29(39)36-15-24(38)21-14-23(21)36)41-31-34-25(17-5-9-19(32)10-6-17)27(37(26)31)18-7-11-20(33)12-8-18/h5-12,16,21-25,27,38H,3-4,13-15H2,1-2H3/t21-,22-,23?,24+,25-,27+/m0/s1. The summed E-state index contributed by atoms with van der Waals surface area (Å²) in [6, 6.07) is 14.9. The van der Waals surface area contributed by atoms with Crippen LogP contribution >= 0.6 is 35.0 Å². The number of likely N-dealkylation sites (tertiary alicyclic amines) is 2. The fourth-order valence-electron chi connectivity index (χ4n) is 6.98. The zero-order valence-corrected chi connectivity index (χ0v) is 25.2. The van der Waals surface area contributed by atoms with Gasteiger partial charge in [0.1, 0.15) is 17.0 Å². The van der Waals surface area contributed by atoms with Crippen LogP contribution in [0.25, 0.3) is 0 Å². The van der Waals surface area contributed by atoms with Crippen molar-refractivity contribution in [3.8, 4) is 0 Å². The fourth-order valence-corrected chi connectivity index (χ4v) is 8.54. The Morgan fingerprint density at radius 3 is 2.24 bits per heavy atom. The van der Waals surface area contributed by atoms with Crippen molar-refractivity contribution >= 4 is 51.9 Å². The highest BCUT2D eigenvalue weighted by Crippen LogP contribution is 2.54. The number of hydrogen-bond acceptors (Lipinski definition) is 6. The Labute approximate surface area is 254 Å². The molecule has 4 aliphatic heterocycles. The molecule has 2 aromatic rings. The van der Waals surface area contributed by atoms with E-state index in [-0.39, 0.29) is 41.8 Å². The van der Waals surface area contributed by atoms with Crippen molar-refractivity contribution in [1.29, 1.82) is 0 Å². The number of aliphatic imine (C=N–C) groups is 1. The van der Waals surface area contributed by atoms with Crippen LogP contribution in [0.3, 0.4) is 0 Å². The van der Waals surface area contributed by atoms with Gasteiger partial charge in [0.05, 0.1) is 12.1 Å². The molecule has 214 valence electrons. The molecule has 3 fully saturated rings. The number of aliphatic hydroxyl groups excluding tert-OH is 1. The first kappa shape index (κ1) is 27.3. The van der Waals surface area contributed by atoms with E-state index in [1.165, 1.54) is 11.8 Å². The highest BCUT2D eigenvalue weighted by Gasteiger charge is 2.56. The van der Waals surface area contributed by atoms with Crippen molar-refractivity contribution in [3.63, 3.8) is 0 Å². The predicted molar refractivity (Wildman–Crippen MR) is 161 cm³/mol. The number of amides is 2. The second kappa shape index (κ2) is 10.3. The maximum atomic E-state index is 14.3. The zero-order valence-electron chi connectivity index (χ0n) is 22.9. The van der Waals surface area contributed by atoms with E-state index >= 15 is 0 Å². The van der Waals surface area contributed by atoms with Gasteiger partial charge < -0.3 is 19.8 Å². The molecule has 10 heteroatoms. The quantitative estimate of drug-likeness (QED) is 0.474. The van der Waals surface area contributed by atoms with Crippen LogP contribution in [0, 0.1) is 11.8 Å². The third-order valence-corrected chi connectivity index (χ3v) is 10.6. The Bertz CT molecular complexity index is 1460. The maximum Gasteiger partial charge on any atom is 0.263 e. The third-order valence-electron chi connectivity index (χ3n) is 9.05. The molecule has 0 radical (unpaired) electrons. The molecule has 2 aromatic carbocycles. The first-order chi connectivity index (χ1) is 19.7. The van der Waals surface area contributed by atoms with Gasteiger partial charge in [0.15, 0.2) is 5.17 Å². The molecule has 0 spiro atoms. The minimum absolute atomic E-state index is 0.0192. The molecule has 1 aliphatic carbocycles. The number of carbonyl (C=O) groups is 2. The summed E-state index contributed by atoms with van der Waals surface area (Å²) in [6.45, 7) is 5.13. The molecule has 2 saturated heterocycles. The van der Waals surface area contributed by atoms with Gasteiger partial charge in [-0.3, -0.25) is 14.6 Å². The van der Waals surface area contributed by atoms with Gasteiger partial charge in [0, 0.05) is 40.8 Å². The van der Waals surface area contributed by atoms with Crippen LogP contribution in [0.2, 0.25) is 10.0 Å². The average molecular weight is 612 g/mol. The van der Waals surface area contributed by atoms with Crippen LogP contribution in [0.4, 0.5) is 0 Å². The molecule has 1 unspecified atom stereocenters. The zero-order chi connectivity index (χ0) is 28.6. The first-order valence-electron chi connectivity index (χ1n) is 14.3. The van der Waals surface area contributed by atoms with Crippen molar-refractivity contribution < 1.29 is 14.7 Å². The molecule has 41 heavy (non-hydrogen) atoms. The van der Waals surface area contributed by atoms with Gasteiger partial charge in [0.2, 0.25) is 5.91 Å². The van der Waals surface area contributed by atoms with Crippen LogP contribution in [-0.2, 0) is 9.59 Å². The first-order valence-corrected chi connectivity index (χ1v) is 15.9. The summed E-state index contributed by atoms with van der Waals surface area (Å²) in [5.74, 6) is 0.130. The summed E-state index contributed by atoms with van der Waals surface area (Å²) in [5.41, 5.74) is 3.04. The molecular formula is C31H32Cl2N4O3S. The van der Waals surface area contributed by atoms with Crippen molar-refractivity contribution in [2.24, 2.45) is 16.8 Å². The molecule has 0 bridgehead atoms. The van der Waals surface area contributed by atoms with Crippen molar-refractivity contribution in [2.45, 2.75) is 63.4 Å². The highest BCUT2D eigenvalue weighted by atomic mass is 35.5. The summed E-state index contributed by atoms with van der Waals surface area (Å²) >= 11 is 13.9. The van der Waals surface area contributed by atoms with E-state index in [0.29, 0.717) is 34.5 Å². The molecule has 5 aliphatic rings. The minimum atomic E-state index is -0.484. The van der Waals surface area contributed by atoms with Gasteiger partial charge >= 0.3 is 0 Å². The smallest absolute Gasteiger partial charge is 0.263 e.